The molecule has 3 rings (SSSR count). The van der Waals surface area contributed by atoms with Crippen LogP contribution in [0.2, 0.25) is 0 Å². The van der Waals surface area contributed by atoms with E-state index in [1.54, 1.807) is 24.4 Å². The first-order chi connectivity index (χ1) is 15.3. The molecule has 168 valence electrons. The Morgan fingerprint density at radius 3 is 2.81 bits per heavy atom. The third-order valence-corrected chi connectivity index (χ3v) is 4.83. The highest BCUT2D eigenvalue weighted by Gasteiger charge is 2.13. The van der Waals surface area contributed by atoms with Crippen LogP contribution in [0, 0.1) is 5.92 Å². The predicted octanol–water partition coefficient (Wildman–Crippen LogP) is 3.39. The van der Waals surface area contributed by atoms with Crippen molar-refractivity contribution in [2.45, 2.75) is 46.1 Å². The summed E-state index contributed by atoms with van der Waals surface area (Å²) in [4.78, 5) is 40.2. The molecule has 0 saturated heterocycles. The van der Waals surface area contributed by atoms with Crippen LogP contribution in [-0.2, 0) is 22.6 Å². The molecule has 8 heteroatoms. The second-order valence-corrected chi connectivity index (χ2v) is 8.07. The zero-order valence-corrected chi connectivity index (χ0v) is 18.3. The van der Waals surface area contributed by atoms with Gasteiger partial charge in [0.1, 0.15) is 17.7 Å². The maximum absolute atomic E-state index is 12.8. The summed E-state index contributed by atoms with van der Waals surface area (Å²) in [6.45, 7) is 4.46. The van der Waals surface area contributed by atoms with Gasteiger partial charge in [-0.2, -0.15) is 0 Å². The van der Waals surface area contributed by atoms with E-state index in [1.165, 1.54) is 10.6 Å². The van der Waals surface area contributed by atoms with Crippen LogP contribution in [0.5, 0.6) is 0 Å². The van der Waals surface area contributed by atoms with Crippen LogP contribution in [0.1, 0.15) is 44.6 Å². The number of pyridine rings is 1. The molecule has 0 spiro atoms. The van der Waals surface area contributed by atoms with Gasteiger partial charge < -0.3 is 20.0 Å². The highest BCUT2D eigenvalue weighted by atomic mass is 16.3. The summed E-state index contributed by atoms with van der Waals surface area (Å²) in [6.07, 6.45) is 6.72. The van der Waals surface area contributed by atoms with Crippen LogP contribution in [0.25, 0.3) is 11.1 Å². The lowest BCUT2D eigenvalue weighted by atomic mass is 10.0. The molecule has 0 saturated carbocycles. The van der Waals surface area contributed by atoms with E-state index in [4.69, 9.17) is 10.2 Å². The van der Waals surface area contributed by atoms with Crippen molar-refractivity contribution in [2.24, 2.45) is 11.7 Å². The number of anilines is 1. The topological polar surface area (TPSA) is 120 Å². The second-order valence-electron chi connectivity index (χ2n) is 8.07. The molecule has 0 atom stereocenters. The van der Waals surface area contributed by atoms with Crippen molar-refractivity contribution in [3.8, 4) is 0 Å². The Hall–Kier alpha value is -3.68. The van der Waals surface area contributed by atoms with Gasteiger partial charge >= 0.3 is 0 Å². The molecule has 0 aliphatic heterocycles. The lowest BCUT2D eigenvalue weighted by Gasteiger charge is -2.08. The molecular weight excluding hydrogens is 408 g/mol. The SMILES string of the molecule is CC(C)Cc1cccc2nc(Cn3cccc(NC(=O)CCC/C=C/C(N)=O)c3=O)oc12. The molecule has 0 radical (unpaired) electrons. The van der Waals surface area contributed by atoms with Gasteiger partial charge in [-0.25, -0.2) is 4.98 Å². The van der Waals surface area contributed by atoms with Gasteiger partial charge in [-0.1, -0.05) is 32.1 Å². The highest BCUT2D eigenvalue weighted by molar-refractivity contribution is 5.90. The van der Waals surface area contributed by atoms with Crippen LogP contribution in [0.4, 0.5) is 5.69 Å². The first kappa shape index (κ1) is 23.0. The molecule has 32 heavy (non-hydrogen) atoms. The van der Waals surface area contributed by atoms with Crippen molar-refractivity contribution in [1.29, 1.82) is 0 Å². The molecule has 0 unspecified atom stereocenters. The van der Waals surface area contributed by atoms with Crippen molar-refractivity contribution in [3.63, 3.8) is 0 Å². The van der Waals surface area contributed by atoms with Gasteiger partial charge in [0.15, 0.2) is 5.58 Å². The van der Waals surface area contributed by atoms with E-state index >= 15 is 0 Å². The smallest absolute Gasteiger partial charge is 0.274 e. The fourth-order valence-electron chi connectivity index (χ4n) is 3.42. The Kier molecular flexibility index (Phi) is 7.59. The molecule has 3 aromatic rings. The Bertz CT molecular complexity index is 1190. The molecule has 2 heterocycles. The van der Waals surface area contributed by atoms with E-state index in [0.29, 0.717) is 24.7 Å². The van der Waals surface area contributed by atoms with Crippen LogP contribution in [0.3, 0.4) is 0 Å². The summed E-state index contributed by atoms with van der Waals surface area (Å²) in [5.41, 5.74) is 7.49. The van der Waals surface area contributed by atoms with Gasteiger partial charge in [0.2, 0.25) is 17.7 Å². The summed E-state index contributed by atoms with van der Waals surface area (Å²) in [7, 11) is 0. The van der Waals surface area contributed by atoms with E-state index < -0.39 is 5.91 Å². The minimum absolute atomic E-state index is 0.163. The van der Waals surface area contributed by atoms with E-state index in [9.17, 15) is 14.4 Å². The number of carbonyl (C=O) groups is 2. The molecule has 2 amide bonds. The lowest BCUT2D eigenvalue weighted by Crippen LogP contribution is -2.25. The Labute approximate surface area is 186 Å². The number of amides is 2. The average molecular weight is 437 g/mol. The molecular formula is C24H28N4O4. The molecule has 0 aliphatic carbocycles. The summed E-state index contributed by atoms with van der Waals surface area (Å²) in [5, 5.41) is 2.65. The quantitative estimate of drug-likeness (QED) is 0.373. The summed E-state index contributed by atoms with van der Waals surface area (Å²) >= 11 is 0. The number of nitrogens with zero attached hydrogens (tertiary/aromatic N) is 2. The zero-order chi connectivity index (χ0) is 23.1. The summed E-state index contributed by atoms with van der Waals surface area (Å²) in [6, 6.07) is 9.14. The van der Waals surface area contributed by atoms with Gasteiger partial charge in [-0.3, -0.25) is 14.4 Å². The molecule has 3 N–H and O–H groups in total. The number of fused-ring (bicyclic) bond motifs is 1. The standard InChI is InChI=1S/C24H28N4O4/c1-16(2)14-17-8-6-9-18-23(17)32-22(27-18)15-28-13-7-10-19(24(28)31)26-21(30)12-5-3-4-11-20(25)29/h4,6-11,13,16H,3,5,12,14-15H2,1-2H3,(H2,25,29)(H,26,30)/b11-4+. The number of nitrogens with one attached hydrogen (secondary N) is 1. The average Bonchev–Trinajstić information content (AvgIpc) is 3.14. The summed E-state index contributed by atoms with van der Waals surface area (Å²) in [5.74, 6) is 0.126. The number of nitrogens with two attached hydrogens (primary N) is 1. The maximum atomic E-state index is 12.8. The number of aromatic nitrogens is 2. The number of unbranched alkanes of at least 4 members (excludes halogenated alkanes) is 1. The Morgan fingerprint density at radius 2 is 2.06 bits per heavy atom. The van der Waals surface area contributed by atoms with E-state index in [0.717, 1.165) is 23.1 Å². The molecule has 0 aliphatic rings. The van der Waals surface area contributed by atoms with Crippen molar-refractivity contribution in [2.75, 3.05) is 5.32 Å². The number of carbonyl (C=O) groups excluding carboxylic acids is 2. The number of oxazole rings is 1. The fourth-order valence-corrected chi connectivity index (χ4v) is 3.42. The predicted molar refractivity (Wildman–Crippen MR) is 123 cm³/mol. The van der Waals surface area contributed by atoms with Crippen LogP contribution in [-0.4, -0.2) is 21.4 Å². The number of hydrogen-bond donors (Lipinski definition) is 2. The van der Waals surface area contributed by atoms with E-state index in [2.05, 4.69) is 24.1 Å². The third-order valence-electron chi connectivity index (χ3n) is 4.83. The number of primary amides is 1. The van der Waals surface area contributed by atoms with Crippen molar-refractivity contribution in [1.82, 2.24) is 9.55 Å². The van der Waals surface area contributed by atoms with Gasteiger partial charge in [0.05, 0.1) is 0 Å². The number of para-hydroxylation sites is 1. The van der Waals surface area contributed by atoms with Crippen LogP contribution >= 0.6 is 0 Å². The second kappa shape index (κ2) is 10.6. The van der Waals surface area contributed by atoms with Gasteiger partial charge in [-0.15, -0.1) is 0 Å². The van der Waals surface area contributed by atoms with Gasteiger partial charge in [0, 0.05) is 12.6 Å². The minimum atomic E-state index is -0.519. The van der Waals surface area contributed by atoms with Gasteiger partial charge in [-0.05, 0) is 55.0 Å². The number of benzene rings is 1. The first-order valence-corrected chi connectivity index (χ1v) is 10.7. The van der Waals surface area contributed by atoms with Crippen LogP contribution < -0.4 is 16.6 Å². The van der Waals surface area contributed by atoms with E-state index in [-0.39, 0.29) is 30.1 Å². The van der Waals surface area contributed by atoms with Crippen molar-refractivity contribution < 1.29 is 14.0 Å². The van der Waals surface area contributed by atoms with Crippen LogP contribution in [0.15, 0.2) is 57.9 Å². The van der Waals surface area contributed by atoms with Crippen molar-refractivity contribution in [3.05, 3.63) is 70.5 Å². The minimum Gasteiger partial charge on any atom is -0.438 e. The fraction of sp³-hybridized carbons (Fsp3) is 0.333. The number of rotatable bonds is 10. The molecule has 1 aromatic carbocycles. The molecule has 8 nitrogen and oxygen atoms in total. The normalized spacial score (nSPS) is 11.5. The zero-order valence-electron chi connectivity index (χ0n) is 18.3. The third kappa shape index (κ3) is 6.16. The highest BCUT2D eigenvalue weighted by Crippen LogP contribution is 2.23. The Morgan fingerprint density at radius 1 is 1.25 bits per heavy atom. The number of hydrogen-bond acceptors (Lipinski definition) is 5. The number of allylic oxidation sites excluding steroid dienone is 1. The van der Waals surface area contributed by atoms with Gasteiger partial charge in [0.25, 0.3) is 5.56 Å². The molecule has 0 fully saturated rings. The summed E-state index contributed by atoms with van der Waals surface area (Å²) < 4.78 is 7.43. The van der Waals surface area contributed by atoms with E-state index in [1.807, 2.05) is 18.2 Å². The molecule has 2 aromatic heterocycles. The van der Waals surface area contributed by atoms with Crippen molar-refractivity contribution >= 4 is 28.6 Å². The lowest BCUT2D eigenvalue weighted by molar-refractivity contribution is -0.116. The Balaban J connectivity index is 1.69. The monoisotopic (exact) mass is 436 g/mol. The first-order valence-electron chi connectivity index (χ1n) is 10.7. The molecule has 0 bridgehead atoms. The maximum Gasteiger partial charge on any atom is 0.274 e. The largest absolute Gasteiger partial charge is 0.438 e.